The highest BCUT2D eigenvalue weighted by atomic mass is 16.5. The Hall–Kier alpha value is -2.73. The van der Waals surface area contributed by atoms with Gasteiger partial charge in [0, 0.05) is 43.5 Å². The molecule has 0 N–H and O–H groups in total. The fourth-order valence-electron chi connectivity index (χ4n) is 3.20. The van der Waals surface area contributed by atoms with Crippen molar-refractivity contribution >= 4 is 0 Å². The molecule has 0 spiro atoms. The second-order valence-electron chi connectivity index (χ2n) is 7.05. The summed E-state index contributed by atoms with van der Waals surface area (Å²) < 4.78 is 11.4. The first-order chi connectivity index (χ1) is 12.8. The molecule has 1 saturated heterocycles. The van der Waals surface area contributed by atoms with Gasteiger partial charge >= 0.3 is 0 Å². The lowest BCUT2D eigenvalue weighted by Crippen LogP contribution is -2.53. The maximum atomic E-state index is 6.04. The van der Waals surface area contributed by atoms with E-state index in [-0.39, 0.29) is 6.10 Å². The fraction of sp³-hybridized carbons (Fsp3) is 0.350. The third kappa shape index (κ3) is 3.32. The van der Waals surface area contributed by atoms with E-state index in [9.17, 15) is 0 Å². The van der Waals surface area contributed by atoms with E-state index in [2.05, 4.69) is 26.1 Å². The van der Waals surface area contributed by atoms with Crippen molar-refractivity contribution < 1.29 is 9.26 Å². The molecule has 3 heterocycles. The van der Waals surface area contributed by atoms with Crippen molar-refractivity contribution in [1.29, 1.82) is 0 Å². The van der Waals surface area contributed by atoms with E-state index in [1.165, 1.54) is 5.56 Å². The van der Waals surface area contributed by atoms with Crippen LogP contribution >= 0.6 is 0 Å². The standard InChI is InChI=1S/C20H20N4O2/c1-2-14(10-21-9-1)11-24-12-18(13-24)25-17-7-5-15(6-8-17)19-22-20(26-23-19)16-3-4-16/h1-2,5-10,16,18H,3-4,11-13H2. The summed E-state index contributed by atoms with van der Waals surface area (Å²) in [7, 11) is 0. The van der Waals surface area contributed by atoms with Crippen LogP contribution in [0.4, 0.5) is 0 Å². The molecule has 2 fully saturated rings. The average molecular weight is 348 g/mol. The summed E-state index contributed by atoms with van der Waals surface area (Å²) in [5.74, 6) is 2.78. The van der Waals surface area contributed by atoms with Crippen molar-refractivity contribution in [3.05, 3.63) is 60.2 Å². The predicted octanol–water partition coefficient (Wildman–Crippen LogP) is 3.27. The van der Waals surface area contributed by atoms with Crippen molar-refractivity contribution in [1.82, 2.24) is 20.0 Å². The molecule has 0 bridgehead atoms. The summed E-state index contributed by atoms with van der Waals surface area (Å²) in [5, 5.41) is 4.08. The molecular weight excluding hydrogens is 328 g/mol. The maximum absolute atomic E-state index is 6.04. The Labute approximate surface area is 151 Å². The summed E-state index contributed by atoms with van der Waals surface area (Å²) >= 11 is 0. The molecule has 2 aromatic heterocycles. The molecule has 5 rings (SSSR count). The number of aromatic nitrogens is 3. The SMILES string of the molecule is c1cncc(CN2CC(Oc3ccc(-c4noc(C5CC5)n4)cc3)C2)c1. The molecule has 2 aliphatic rings. The van der Waals surface area contributed by atoms with E-state index < -0.39 is 0 Å². The van der Waals surface area contributed by atoms with Gasteiger partial charge in [0.25, 0.3) is 0 Å². The van der Waals surface area contributed by atoms with Crippen LogP contribution in [-0.2, 0) is 6.54 Å². The lowest BCUT2D eigenvalue weighted by molar-refractivity contribution is 0.0145. The lowest BCUT2D eigenvalue weighted by atomic mass is 10.1. The summed E-state index contributed by atoms with van der Waals surface area (Å²) in [6.07, 6.45) is 6.28. The number of pyridine rings is 1. The minimum absolute atomic E-state index is 0.240. The average Bonchev–Trinajstić information content (AvgIpc) is 3.38. The topological polar surface area (TPSA) is 64.3 Å². The van der Waals surface area contributed by atoms with E-state index in [1.54, 1.807) is 6.20 Å². The Morgan fingerprint density at radius 2 is 1.96 bits per heavy atom. The number of hydrogen-bond acceptors (Lipinski definition) is 6. The molecule has 6 nitrogen and oxygen atoms in total. The van der Waals surface area contributed by atoms with Crippen LogP contribution < -0.4 is 4.74 Å². The van der Waals surface area contributed by atoms with Crippen LogP contribution in [0.2, 0.25) is 0 Å². The lowest BCUT2D eigenvalue weighted by Gasteiger charge is -2.39. The molecule has 1 aromatic carbocycles. The number of rotatable bonds is 6. The van der Waals surface area contributed by atoms with Crippen molar-refractivity contribution in [2.24, 2.45) is 0 Å². The van der Waals surface area contributed by atoms with Crippen LogP contribution in [0, 0.1) is 0 Å². The van der Waals surface area contributed by atoms with Crippen molar-refractivity contribution in [2.45, 2.75) is 31.4 Å². The molecule has 1 saturated carbocycles. The number of ether oxygens (including phenoxy) is 1. The fourth-order valence-corrected chi connectivity index (χ4v) is 3.20. The Morgan fingerprint density at radius 1 is 1.12 bits per heavy atom. The highest BCUT2D eigenvalue weighted by Gasteiger charge is 2.30. The van der Waals surface area contributed by atoms with Crippen LogP contribution in [-0.4, -0.2) is 39.2 Å². The molecule has 0 radical (unpaired) electrons. The minimum Gasteiger partial charge on any atom is -0.488 e. The first kappa shape index (κ1) is 15.5. The van der Waals surface area contributed by atoms with E-state index in [4.69, 9.17) is 9.26 Å². The van der Waals surface area contributed by atoms with Gasteiger partial charge in [-0.3, -0.25) is 9.88 Å². The Balaban J connectivity index is 1.14. The highest BCUT2D eigenvalue weighted by Crippen LogP contribution is 2.39. The molecule has 0 amide bonds. The Morgan fingerprint density at radius 3 is 2.69 bits per heavy atom. The third-order valence-electron chi connectivity index (χ3n) is 4.84. The van der Waals surface area contributed by atoms with Crippen LogP contribution in [0.15, 0.2) is 53.3 Å². The van der Waals surface area contributed by atoms with Gasteiger partial charge in [0.05, 0.1) is 0 Å². The molecule has 132 valence electrons. The first-order valence-corrected chi connectivity index (χ1v) is 9.05. The Kier molecular flexibility index (Phi) is 3.90. The third-order valence-corrected chi connectivity index (χ3v) is 4.84. The first-order valence-electron chi connectivity index (χ1n) is 9.05. The molecule has 1 aliphatic carbocycles. The summed E-state index contributed by atoms with van der Waals surface area (Å²) in [6, 6.07) is 12.0. The zero-order valence-corrected chi connectivity index (χ0v) is 14.4. The maximum Gasteiger partial charge on any atom is 0.230 e. The van der Waals surface area contributed by atoms with Gasteiger partial charge in [0.1, 0.15) is 11.9 Å². The zero-order chi connectivity index (χ0) is 17.3. The second-order valence-corrected chi connectivity index (χ2v) is 7.05. The van der Waals surface area contributed by atoms with Gasteiger partial charge in [-0.05, 0) is 48.7 Å². The van der Waals surface area contributed by atoms with Crippen LogP contribution in [0.25, 0.3) is 11.4 Å². The van der Waals surface area contributed by atoms with Gasteiger partial charge in [-0.25, -0.2) is 0 Å². The smallest absolute Gasteiger partial charge is 0.230 e. The van der Waals surface area contributed by atoms with Crippen LogP contribution in [0.3, 0.4) is 0 Å². The van der Waals surface area contributed by atoms with Crippen LogP contribution in [0.5, 0.6) is 5.75 Å². The molecule has 3 aromatic rings. The predicted molar refractivity (Wildman–Crippen MR) is 95.6 cm³/mol. The van der Waals surface area contributed by atoms with Gasteiger partial charge in [0.2, 0.25) is 11.7 Å². The quantitative estimate of drug-likeness (QED) is 0.681. The van der Waals surface area contributed by atoms with Gasteiger partial charge in [-0.1, -0.05) is 11.2 Å². The monoisotopic (exact) mass is 348 g/mol. The minimum atomic E-state index is 0.240. The molecular formula is C20H20N4O2. The molecule has 6 heteroatoms. The van der Waals surface area contributed by atoms with E-state index >= 15 is 0 Å². The van der Waals surface area contributed by atoms with Gasteiger partial charge in [-0.2, -0.15) is 4.98 Å². The van der Waals surface area contributed by atoms with Gasteiger partial charge in [-0.15, -0.1) is 0 Å². The molecule has 0 unspecified atom stereocenters. The Bertz CT molecular complexity index is 868. The van der Waals surface area contributed by atoms with Crippen molar-refractivity contribution in [2.75, 3.05) is 13.1 Å². The number of nitrogens with zero attached hydrogens (tertiary/aromatic N) is 4. The number of hydrogen-bond donors (Lipinski definition) is 0. The van der Waals surface area contributed by atoms with Crippen molar-refractivity contribution in [3.8, 4) is 17.1 Å². The van der Waals surface area contributed by atoms with E-state index in [0.717, 1.165) is 49.7 Å². The van der Waals surface area contributed by atoms with Gasteiger partial charge in [0.15, 0.2) is 0 Å². The molecule has 0 atom stereocenters. The zero-order valence-electron chi connectivity index (χ0n) is 14.4. The molecule has 26 heavy (non-hydrogen) atoms. The van der Waals surface area contributed by atoms with Crippen molar-refractivity contribution in [3.63, 3.8) is 0 Å². The number of benzene rings is 1. The number of likely N-dealkylation sites (tertiary alicyclic amines) is 1. The molecule has 1 aliphatic heterocycles. The normalized spacial score (nSPS) is 17.8. The second kappa shape index (κ2) is 6.53. The largest absolute Gasteiger partial charge is 0.488 e. The van der Waals surface area contributed by atoms with E-state index in [0.29, 0.717) is 11.7 Å². The van der Waals surface area contributed by atoms with Crippen LogP contribution in [0.1, 0.15) is 30.2 Å². The summed E-state index contributed by atoms with van der Waals surface area (Å²) in [5.41, 5.74) is 2.20. The summed E-state index contributed by atoms with van der Waals surface area (Å²) in [6.45, 7) is 2.80. The highest BCUT2D eigenvalue weighted by molar-refractivity contribution is 5.55. The summed E-state index contributed by atoms with van der Waals surface area (Å²) in [4.78, 5) is 11.0. The van der Waals surface area contributed by atoms with E-state index in [1.807, 2.05) is 36.5 Å². The van der Waals surface area contributed by atoms with Gasteiger partial charge < -0.3 is 9.26 Å².